The lowest BCUT2D eigenvalue weighted by Gasteiger charge is -2.15. The number of hydrogen-bond acceptors (Lipinski definition) is 6. The number of aromatic nitrogens is 3. The van der Waals surface area contributed by atoms with Crippen LogP contribution in [0.5, 0.6) is 0 Å². The summed E-state index contributed by atoms with van der Waals surface area (Å²) in [5, 5.41) is 26.5. The molecule has 4 N–H and O–H groups in total. The summed E-state index contributed by atoms with van der Waals surface area (Å²) in [7, 11) is 0. The number of halogens is 2. The maximum Gasteiger partial charge on any atom is 0.141 e. The highest BCUT2D eigenvalue weighted by molar-refractivity contribution is 6.31. The topological polar surface area (TPSA) is 110 Å². The van der Waals surface area contributed by atoms with Crippen molar-refractivity contribution in [2.75, 3.05) is 10.6 Å². The van der Waals surface area contributed by atoms with Gasteiger partial charge >= 0.3 is 0 Å². The highest BCUT2D eigenvalue weighted by atomic mass is 35.5. The van der Waals surface area contributed by atoms with E-state index in [2.05, 4.69) is 31.7 Å². The van der Waals surface area contributed by atoms with Crippen LogP contribution >= 0.6 is 11.6 Å². The molecule has 2 aromatic carbocycles. The highest BCUT2D eigenvalue weighted by Gasteiger charge is 2.14. The van der Waals surface area contributed by atoms with Crippen molar-refractivity contribution in [2.45, 2.75) is 13.2 Å². The number of hydrogen-bond donors (Lipinski definition) is 4. The number of pyridine rings is 1. The quantitative estimate of drug-likeness (QED) is 0.365. The predicted octanol–water partition coefficient (Wildman–Crippen LogP) is 4.47. The number of anilines is 3. The summed E-state index contributed by atoms with van der Waals surface area (Å²) in [5.41, 5.74) is 4.10. The molecule has 150 valence electrons. The molecule has 0 aliphatic heterocycles. The van der Waals surface area contributed by atoms with E-state index in [1.165, 1.54) is 24.4 Å². The third-order valence-electron chi connectivity index (χ3n) is 4.57. The number of fused-ring (bicyclic) bond motifs is 1. The van der Waals surface area contributed by atoms with E-state index < -0.39 is 5.82 Å². The number of H-pyrrole nitrogens is 1. The third-order valence-corrected chi connectivity index (χ3v) is 4.86. The normalized spacial score (nSPS) is 10.7. The Balaban J connectivity index is 1.80. The van der Waals surface area contributed by atoms with Crippen LogP contribution in [0.25, 0.3) is 10.9 Å². The number of benzene rings is 2. The predicted molar refractivity (Wildman–Crippen MR) is 113 cm³/mol. The minimum Gasteiger partial charge on any atom is -0.392 e. The molecule has 0 fully saturated rings. The van der Waals surface area contributed by atoms with Gasteiger partial charge in [0.2, 0.25) is 0 Å². The molecule has 0 radical (unpaired) electrons. The molecule has 0 amide bonds. The van der Waals surface area contributed by atoms with Crippen LogP contribution in [0.1, 0.15) is 16.8 Å². The van der Waals surface area contributed by atoms with E-state index in [0.717, 1.165) is 11.4 Å². The molecule has 0 spiro atoms. The number of nitriles is 1. The maximum atomic E-state index is 13.5. The summed E-state index contributed by atoms with van der Waals surface area (Å²) >= 11 is 5.89. The molecule has 0 aliphatic carbocycles. The molecule has 2 aromatic heterocycles. The average Bonchev–Trinajstić information content (AvgIpc) is 3.28. The molecule has 0 saturated carbocycles. The van der Waals surface area contributed by atoms with Gasteiger partial charge in [-0.25, -0.2) is 9.37 Å². The molecule has 4 rings (SSSR count). The van der Waals surface area contributed by atoms with Crippen LogP contribution in [0.3, 0.4) is 0 Å². The molecule has 7 nitrogen and oxygen atoms in total. The van der Waals surface area contributed by atoms with Gasteiger partial charge in [-0.3, -0.25) is 4.98 Å². The first-order valence-electron chi connectivity index (χ1n) is 8.99. The fourth-order valence-electron chi connectivity index (χ4n) is 3.12. The molecule has 9 heteroatoms. The molecule has 0 bridgehead atoms. The van der Waals surface area contributed by atoms with Crippen molar-refractivity contribution >= 4 is 39.6 Å². The van der Waals surface area contributed by atoms with Gasteiger partial charge in [0.25, 0.3) is 0 Å². The Hall–Kier alpha value is -3.67. The van der Waals surface area contributed by atoms with Crippen LogP contribution in [0.15, 0.2) is 49.1 Å². The summed E-state index contributed by atoms with van der Waals surface area (Å²) in [6.45, 7) is 0.273. The Kier molecular flexibility index (Phi) is 5.48. The molecule has 0 atom stereocenters. The third kappa shape index (κ3) is 3.89. The van der Waals surface area contributed by atoms with E-state index in [1.54, 1.807) is 18.6 Å². The van der Waals surface area contributed by atoms with Crippen LogP contribution in [0.2, 0.25) is 5.02 Å². The van der Waals surface area contributed by atoms with Crippen molar-refractivity contribution in [2.24, 2.45) is 0 Å². The van der Waals surface area contributed by atoms with E-state index >= 15 is 0 Å². The van der Waals surface area contributed by atoms with Gasteiger partial charge in [0.1, 0.15) is 11.9 Å². The summed E-state index contributed by atoms with van der Waals surface area (Å²) in [6, 6.07) is 9.98. The van der Waals surface area contributed by atoms with E-state index in [1.807, 2.05) is 6.07 Å². The number of aromatic amines is 1. The van der Waals surface area contributed by atoms with Gasteiger partial charge in [-0.2, -0.15) is 5.26 Å². The van der Waals surface area contributed by atoms with E-state index in [9.17, 15) is 14.8 Å². The number of nitrogens with zero attached hydrogens (tertiary/aromatic N) is 3. The van der Waals surface area contributed by atoms with Crippen LogP contribution in [-0.4, -0.2) is 20.1 Å². The first-order valence-corrected chi connectivity index (χ1v) is 9.36. The molecular weight excluding hydrogens is 407 g/mol. The average molecular weight is 423 g/mol. The number of rotatable bonds is 6. The first kappa shape index (κ1) is 19.6. The van der Waals surface area contributed by atoms with Gasteiger partial charge in [-0.1, -0.05) is 11.6 Å². The Morgan fingerprint density at radius 1 is 1.20 bits per heavy atom. The summed E-state index contributed by atoms with van der Waals surface area (Å²) in [6.07, 6.45) is 4.74. The van der Waals surface area contributed by atoms with Crippen LogP contribution in [0, 0.1) is 17.1 Å². The zero-order valence-electron chi connectivity index (χ0n) is 15.6. The van der Waals surface area contributed by atoms with Gasteiger partial charge in [-0.15, -0.1) is 0 Å². The fourth-order valence-corrected chi connectivity index (χ4v) is 3.30. The van der Waals surface area contributed by atoms with Gasteiger partial charge in [0.15, 0.2) is 0 Å². The molecule has 2 heterocycles. The van der Waals surface area contributed by atoms with E-state index in [-0.39, 0.29) is 11.6 Å². The Morgan fingerprint density at radius 2 is 2.07 bits per heavy atom. The van der Waals surface area contributed by atoms with E-state index in [4.69, 9.17) is 11.6 Å². The molecular formula is C21H16ClFN6O. The lowest BCUT2D eigenvalue weighted by atomic mass is 10.0. The van der Waals surface area contributed by atoms with Crippen LogP contribution < -0.4 is 10.6 Å². The number of nitrogens with one attached hydrogen (secondary N) is 3. The lowest BCUT2D eigenvalue weighted by Crippen LogP contribution is -2.03. The second-order valence-corrected chi connectivity index (χ2v) is 6.94. The van der Waals surface area contributed by atoms with E-state index in [0.29, 0.717) is 39.9 Å². The van der Waals surface area contributed by atoms with Crippen molar-refractivity contribution < 1.29 is 9.50 Å². The van der Waals surface area contributed by atoms with Crippen LogP contribution in [-0.2, 0) is 13.2 Å². The van der Waals surface area contributed by atoms with Crippen molar-refractivity contribution in [3.63, 3.8) is 0 Å². The second-order valence-electron chi connectivity index (χ2n) is 6.53. The largest absolute Gasteiger partial charge is 0.392 e. The zero-order chi connectivity index (χ0) is 21.1. The Morgan fingerprint density at radius 3 is 2.77 bits per heavy atom. The monoisotopic (exact) mass is 422 g/mol. The van der Waals surface area contributed by atoms with Gasteiger partial charge in [0.05, 0.1) is 47.0 Å². The molecule has 4 aromatic rings. The van der Waals surface area contributed by atoms with Gasteiger partial charge in [0, 0.05) is 34.7 Å². The standard InChI is InChI=1S/C21H16ClFN6O/c22-18-5-14(1-2-19(18)23)29-21-13(6-24)7-27-20-12(10-30)3-15(4-17(20)21)26-9-16-8-25-11-28-16/h1-5,7-8,11,26,30H,9-10H2,(H,25,28)(H,27,29). The zero-order valence-corrected chi connectivity index (χ0v) is 16.3. The summed E-state index contributed by atoms with van der Waals surface area (Å²) in [5.74, 6) is -0.532. The molecule has 0 aliphatic rings. The molecule has 0 saturated heterocycles. The first-order chi connectivity index (χ1) is 14.6. The molecule has 0 unspecified atom stereocenters. The Labute approximate surface area is 176 Å². The van der Waals surface area contributed by atoms with Gasteiger partial charge < -0.3 is 20.7 Å². The fraction of sp³-hybridized carbons (Fsp3) is 0.0952. The number of aliphatic hydroxyl groups is 1. The molecule has 30 heavy (non-hydrogen) atoms. The summed E-state index contributed by atoms with van der Waals surface area (Å²) in [4.78, 5) is 11.4. The minimum absolute atomic E-state index is 0.0326. The maximum absolute atomic E-state index is 13.5. The number of aliphatic hydroxyl groups excluding tert-OH is 1. The van der Waals surface area contributed by atoms with Crippen LogP contribution in [0.4, 0.5) is 21.5 Å². The summed E-state index contributed by atoms with van der Waals surface area (Å²) < 4.78 is 13.5. The highest BCUT2D eigenvalue weighted by Crippen LogP contribution is 2.34. The van der Waals surface area contributed by atoms with Gasteiger partial charge in [-0.05, 0) is 30.3 Å². The minimum atomic E-state index is -0.532. The lowest BCUT2D eigenvalue weighted by molar-refractivity contribution is 0.283. The smallest absolute Gasteiger partial charge is 0.141 e. The second kappa shape index (κ2) is 8.37. The number of imidazole rings is 1. The van der Waals surface area contributed by atoms with Crippen molar-refractivity contribution in [1.29, 1.82) is 5.26 Å². The van der Waals surface area contributed by atoms with Crippen molar-refractivity contribution in [3.8, 4) is 6.07 Å². The van der Waals surface area contributed by atoms with Crippen molar-refractivity contribution in [1.82, 2.24) is 15.0 Å². The SMILES string of the molecule is N#Cc1cnc2c(CO)cc(NCc3cnc[nH]3)cc2c1Nc1ccc(F)c(Cl)c1. The Bertz CT molecular complexity index is 1250. The van der Waals surface area contributed by atoms with Crippen molar-refractivity contribution in [3.05, 3.63) is 76.7 Å².